The number of carbonyl (C=O) groups excluding carboxylic acids is 2. The van der Waals surface area contributed by atoms with Crippen molar-refractivity contribution in [1.29, 1.82) is 0 Å². The second-order valence-corrected chi connectivity index (χ2v) is 9.78. The molecule has 8 nitrogen and oxygen atoms in total. The molecular formula is C30H31N3O5. The number of benzene rings is 2. The number of furan rings is 1. The molecule has 2 aromatic heterocycles. The van der Waals surface area contributed by atoms with Crippen LogP contribution in [0.25, 0.3) is 23.2 Å². The van der Waals surface area contributed by atoms with Crippen LogP contribution in [0.4, 0.5) is 5.69 Å². The SMILES string of the molecule is COc1ccc(C(C)(C)C)cc1NC(=O)COC(=O)/C=C/c1cn(-c2ccccc2)nc1-c1ccc(C)o1. The number of esters is 1. The van der Waals surface area contributed by atoms with E-state index in [9.17, 15) is 9.59 Å². The zero-order chi connectivity index (χ0) is 27.3. The Morgan fingerprint density at radius 1 is 1.08 bits per heavy atom. The van der Waals surface area contributed by atoms with E-state index in [1.165, 1.54) is 13.2 Å². The molecule has 4 aromatic rings. The van der Waals surface area contributed by atoms with Crippen LogP contribution in [-0.2, 0) is 19.7 Å². The van der Waals surface area contributed by atoms with Crippen molar-refractivity contribution in [3.8, 4) is 22.9 Å². The second kappa shape index (κ2) is 11.2. The molecule has 1 N–H and O–H groups in total. The lowest BCUT2D eigenvalue weighted by Gasteiger charge is -2.21. The summed E-state index contributed by atoms with van der Waals surface area (Å²) >= 11 is 0. The van der Waals surface area contributed by atoms with Crippen molar-refractivity contribution in [3.63, 3.8) is 0 Å². The third-order valence-corrected chi connectivity index (χ3v) is 5.82. The van der Waals surface area contributed by atoms with Crippen molar-refractivity contribution in [2.45, 2.75) is 33.1 Å². The summed E-state index contributed by atoms with van der Waals surface area (Å²) in [6.45, 7) is 7.65. The molecule has 8 heteroatoms. The monoisotopic (exact) mass is 513 g/mol. The van der Waals surface area contributed by atoms with Crippen LogP contribution in [0.1, 0.15) is 37.7 Å². The topological polar surface area (TPSA) is 95.6 Å². The lowest BCUT2D eigenvalue weighted by molar-refractivity contribution is -0.142. The predicted molar refractivity (Wildman–Crippen MR) is 146 cm³/mol. The summed E-state index contributed by atoms with van der Waals surface area (Å²) in [6, 6.07) is 18.9. The van der Waals surface area contributed by atoms with Gasteiger partial charge in [-0.2, -0.15) is 5.10 Å². The molecule has 196 valence electrons. The number of hydrogen-bond donors (Lipinski definition) is 1. The fourth-order valence-electron chi connectivity index (χ4n) is 3.78. The lowest BCUT2D eigenvalue weighted by Crippen LogP contribution is -2.21. The Labute approximate surface area is 221 Å². The van der Waals surface area contributed by atoms with E-state index in [4.69, 9.17) is 13.9 Å². The zero-order valence-corrected chi connectivity index (χ0v) is 22.1. The highest BCUT2D eigenvalue weighted by Crippen LogP contribution is 2.31. The van der Waals surface area contributed by atoms with Gasteiger partial charge in [0.25, 0.3) is 5.91 Å². The van der Waals surface area contributed by atoms with Crippen LogP contribution in [-0.4, -0.2) is 35.4 Å². The normalized spacial score (nSPS) is 11.5. The number of amides is 1. The summed E-state index contributed by atoms with van der Waals surface area (Å²) in [6.07, 6.45) is 4.66. The van der Waals surface area contributed by atoms with Crippen molar-refractivity contribution in [1.82, 2.24) is 9.78 Å². The molecule has 0 bridgehead atoms. The van der Waals surface area contributed by atoms with Gasteiger partial charge in [0.05, 0.1) is 18.5 Å². The molecule has 0 aliphatic heterocycles. The summed E-state index contributed by atoms with van der Waals surface area (Å²) in [5.41, 5.74) is 3.55. The van der Waals surface area contributed by atoms with Gasteiger partial charge < -0.3 is 19.2 Å². The lowest BCUT2D eigenvalue weighted by atomic mass is 9.87. The van der Waals surface area contributed by atoms with E-state index in [0.29, 0.717) is 28.5 Å². The molecule has 1 amide bonds. The Balaban J connectivity index is 1.45. The first kappa shape index (κ1) is 26.5. The van der Waals surface area contributed by atoms with Gasteiger partial charge in [-0.1, -0.05) is 45.0 Å². The number of methoxy groups -OCH3 is 1. The maximum Gasteiger partial charge on any atom is 0.331 e. The summed E-state index contributed by atoms with van der Waals surface area (Å²) in [5.74, 6) is 0.716. The second-order valence-electron chi connectivity index (χ2n) is 9.78. The van der Waals surface area contributed by atoms with Crippen LogP contribution in [0.5, 0.6) is 5.75 Å². The summed E-state index contributed by atoms with van der Waals surface area (Å²) in [4.78, 5) is 25.0. The molecule has 4 rings (SSSR count). The van der Waals surface area contributed by atoms with E-state index in [0.717, 1.165) is 17.0 Å². The number of nitrogens with zero attached hydrogens (tertiary/aromatic N) is 2. The van der Waals surface area contributed by atoms with E-state index in [1.807, 2.05) is 61.5 Å². The van der Waals surface area contributed by atoms with Crippen LogP contribution >= 0.6 is 0 Å². The number of carbonyl (C=O) groups is 2. The standard InChI is InChI=1S/C30H31N3O5/c1-20-11-14-26(38-20)29-21(18-33(32-29)23-9-7-6-8-10-23)12-16-28(35)37-19-27(34)31-24-17-22(30(2,3)4)13-15-25(24)36-5/h6-18H,19H2,1-5H3,(H,31,34)/b16-12+. The zero-order valence-electron chi connectivity index (χ0n) is 22.1. The highest BCUT2D eigenvalue weighted by molar-refractivity contribution is 5.96. The first-order chi connectivity index (χ1) is 18.1. The number of ether oxygens (including phenoxy) is 2. The fourth-order valence-corrected chi connectivity index (χ4v) is 3.78. The molecular weight excluding hydrogens is 482 g/mol. The predicted octanol–water partition coefficient (Wildman–Crippen LogP) is 5.94. The third kappa shape index (κ3) is 6.39. The van der Waals surface area contributed by atoms with Gasteiger partial charge in [0.1, 0.15) is 17.2 Å². The average molecular weight is 514 g/mol. The number of rotatable bonds is 8. The Kier molecular flexibility index (Phi) is 7.81. The molecule has 0 fully saturated rings. The van der Waals surface area contributed by atoms with Gasteiger partial charge in [0.15, 0.2) is 12.4 Å². The smallest absolute Gasteiger partial charge is 0.331 e. The highest BCUT2D eigenvalue weighted by atomic mass is 16.5. The first-order valence-corrected chi connectivity index (χ1v) is 12.2. The van der Waals surface area contributed by atoms with Crippen LogP contribution in [0.2, 0.25) is 0 Å². The Morgan fingerprint density at radius 2 is 1.84 bits per heavy atom. The number of hydrogen-bond acceptors (Lipinski definition) is 6. The molecule has 2 heterocycles. The van der Waals surface area contributed by atoms with Gasteiger partial charge in [-0.3, -0.25) is 4.79 Å². The van der Waals surface area contributed by atoms with Gasteiger partial charge in [-0.15, -0.1) is 0 Å². The van der Waals surface area contributed by atoms with Crippen LogP contribution in [0.3, 0.4) is 0 Å². The van der Waals surface area contributed by atoms with Crippen molar-refractivity contribution >= 4 is 23.6 Å². The van der Waals surface area contributed by atoms with Gasteiger partial charge >= 0.3 is 5.97 Å². The van der Waals surface area contributed by atoms with E-state index < -0.39 is 18.5 Å². The molecule has 0 saturated carbocycles. The molecule has 0 saturated heterocycles. The van der Waals surface area contributed by atoms with E-state index in [1.54, 1.807) is 23.0 Å². The number of aromatic nitrogens is 2. The molecule has 2 aromatic carbocycles. The fraction of sp³-hybridized carbons (Fsp3) is 0.233. The van der Waals surface area contributed by atoms with Crippen LogP contribution in [0.15, 0.2) is 77.4 Å². The highest BCUT2D eigenvalue weighted by Gasteiger charge is 2.18. The van der Waals surface area contributed by atoms with Crippen molar-refractivity contribution < 1.29 is 23.5 Å². The molecule has 0 aliphatic rings. The third-order valence-electron chi connectivity index (χ3n) is 5.82. The Hall–Kier alpha value is -4.59. The number of para-hydroxylation sites is 1. The first-order valence-electron chi connectivity index (χ1n) is 12.2. The number of nitrogens with one attached hydrogen (secondary N) is 1. The minimum absolute atomic E-state index is 0.107. The molecule has 0 unspecified atom stereocenters. The van der Waals surface area contributed by atoms with Crippen molar-refractivity contribution in [2.75, 3.05) is 19.0 Å². The molecule has 0 radical (unpaired) electrons. The Morgan fingerprint density at radius 3 is 2.50 bits per heavy atom. The number of anilines is 1. The van der Waals surface area contributed by atoms with Crippen LogP contribution in [0, 0.1) is 6.92 Å². The minimum Gasteiger partial charge on any atom is -0.495 e. The maximum atomic E-state index is 12.5. The van der Waals surface area contributed by atoms with E-state index in [2.05, 4.69) is 31.2 Å². The number of aryl methyl sites for hydroxylation is 1. The van der Waals surface area contributed by atoms with Crippen LogP contribution < -0.4 is 10.1 Å². The molecule has 0 aliphatic carbocycles. The largest absolute Gasteiger partial charge is 0.495 e. The summed E-state index contributed by atoms with van der Waals surface area (Å²) < 4.78 is 18.0. The van der Waals surface area contributed by atoms with Gasteiger partial charge in [-0.05, 0) is 60.4 Å². The summed E-state index contributed by atoms with van der Waals surface area (Å²) in [7, 11) is 1.53. The van der Waals surface area contributed by atoms with Gasteiger partial charge in [0.2, 0.25) is 0 Å². The molecule has 0 spiro atoms. The molecule has 0 atom stereocenters. The molecule has 38 heavy (non-hydrogen) atoms. The minimum atomic E-state index is -0.662. The van der Waals surface area contributed by atoms with E-state index in [-0.39, 0.29) is 5.41 Å². The van der Waals surface area contributed by atoms with Crippen molar-refractivity contribution in [3.05, 3.63) is 89.8 Å². The van der Waals surface area contributed by atoms with Gasteiger partial charge in [-0.25, -0.2) is 9.48 Å². The van der Waals surface area contributed by atoms with Crippen molar-refractivity contribution in [2.24, 2.45) is 0 Å². The van der Waals surface area contributed by atoms with E-state index >= 15 is 0 Å². The quantitative estimate of drug-likeness (QED) is 0.231. The Bertz CT molecular complexity index is 1460. The van der Waals surface area contributed by atoms with Gasteiger partial charge in [0, 0.05) is 17.8 Å². The average Bonchev–Trinajstić information content (AvgIpc) is 3.52. The summed E-state index contributed by atoms with van der Waals surface area (Å²) in [5, 5.41) is 7.41. The maximum absolute atomic E-state index is 12.5.